The summed E-state index contributed by atoms with van der Waals surface area (Å²) in [4.78, 5) is 43.0. The van der Waals surface area contributed by atoms with Crippen molar-refractivity contribution in [1.29, 1.82) is 0 Å². The quantitative estimate of drug-likeness (QED) is 0.0861. The van der Waals surface area contributed by atoms with Gasteiger partial charge in [-0.2, -0.15) is 0 Å². The second-order valence-corrected chi connectivity index (χ2v) is 36.6. The number of benzene rings is 12. The van der Waals surface area contributed by atoms with Gasteiger partial charge in [-0.1, -0.05) is 197 Å². The molecule has 0 saturated carbocycles. The molecule has 532 valence electrons. The van der Waals surface area contributed by atoms with Crippen LogP contribution < -0.4 is 0 Å². The van der Waals surface area contributed by atoms with Gasteiger partial charge in [0.25, 0.3) is 5.69 Å². The van der Waals surface area contributed by atoms with Gasteiger partial charge >= 0.3 is 0 Å². The van der Waals surface area contributed by atoms with E-state index in [9.17, 15) is 10.1 Å². The minimum atomic E-state index is -1.15. The smallest absolute Gasteiger partial charge is 0.269 e. The number of rotatable bonds is 8. The minimum absolute atomic E-state index is 0.0508. The lowest BCUT2D eigenvalue weighted by Gasteiger charge is -2.32. The molecular formula is C99H92N4O4. The number of fused-ring (bicyclic) bond motifs is 19. The molecule has 0 bridgehead atoms. The molecule has 0 aliphatic heterocycles. The van der Waals surface area contributed by atoms with Crippen LogP contribution in [-0.4, -0.2) is 30.2 Å². The van der Waals surface area contributed by atoms with E-state index in [1.165, 1.54) is 77.8 Å². The Kier molecular flexibility index (Phi) is 15.1. The van der Waals surface area contributed by atoms with Crippen molar-refractivity contribution in [3.8, 4) is 39.3 Å². The van der Waals surface area contributed by atoms with Crippen molar-refractivity contribution in [2.45, 2.75) is 163 Å². The molecule has 17 rings (SSSR count). The lowest BCUT2D eigenvalue weighted by Crippen LogP contribution is -2.27. The molecule has 3 heterocycles. The number of hydrogen-bond donors (Lipinski definition) is 0. The molecule has 0 N–H and O–H groups in total. The fourth-order valence-corrected chi connectivity index (χ4v) is 17.3. The normalized spacial score (nSPS) is 13.7. The molecule has 3 aromatic heterocycles. The topological polar surface area (TPSA) is 92.1 Å². The van der Waals surface area contributed by atoms with E-state index in [-0.39, 0.29) is 49.7 Å². The van der Waals surface area contributed by atoms with Crippen LogP contribution in [0, 0.1) is 10.1 Å². The van der Waals surface area contributed by atoms with Crippen LogP contribution in [0.5, 0.6) is 0 Å². The number of hydrogen-bond acceptors (Lipinski definition) is 4. The first-order chi connectivity index (χ1) is 50.5. The molecule has 0 fully saturated rings. The second kappa shape index (κ2) is 23.4. The summed E-state index contributed by atoms with van der Waals surface area (Å²) < 4.78 is 7.20. The molecule has 107 heavy (non-hydrogen) atoms. The van der Waals surface area contributed by atoms with E-state index in [0.717, 1.165) is 94.7 Å². The van der Waals surface area contributed by atoms with E-state index in [1.807, 2.05) is 24.3 Å². The zero-order valence-corrected chi connectivity index (χ0v) is 64.9. The Morgan fingerprint density at radius 1 is 0.271 bits per heavy atom. The number of ketones is 2. The van der Waals surface area contributed by atoms with Gasteiger partial charge in [0, 0.05) is 83.8 Å². The zero-order valence-electron chi connectivity index (χ0n) is 64.9. The van der Waals surface area contributed by atoms with Gasteiger partial charge in [-0.3, -0.25) is 19.7 Å². The summed E-state index contributed by atoms with van der Waals surface area (Å²) in [7, 11) is 0. The maximum atomic E-state index is 16.0. The average Bonchev–Trinajstić information content (AvgIpc) is 1.50. The number of nitro benzene ring substituents is 1. The van der Waals surface area contributed by atoms with Gasteiger partial charge in [0.1, 0.15) is 0 Å². The molecule has 15 aromatic rings. The Morgan fingerprint density at radius 2 is 0.495 bits per heavy atom. The van der Waals surface area contributed by atoms with E-state index in [2.05, 4.69) is 320 Å². The minimum Gasteiger partial charge on any atom is -0.309 e. The molecule has 0 saturated heterocycles. The molecular weight excluding hydrogens is 1310 g/mol. The molecule has 0 atom stereocenters. The van der Waals surface area contributed by atoms with Gasteiger partial charge in [-0.15, -0.1) is 0 Å². The Morgan fingerprint density at radius 3 is 0.757 bits per heavy atom. The predicted molar refractivity (Wildman–Crippen MR) is 444 cm³/mol. The van der Waals surface area contributed by atoms with Crippen molar-refractivity contribution in [2.24, 2.45) is 0 Å². The second-order valence-electron chi connectivity index (χ2n) is 36.6. The largest absolute Gasteiger partial charge is 0.309 e. The molecule has 1 spiro atoms. The summed E-state index contributed by atoms with van der Waals surface area (Å²) >= 11 is 0. The van der Waals surface area contributed by atoms with Crippen molar-refractivity contribution in [1.82, 2.24) is 13.7 Å². The summed E-state index contributed by atoms with van der Waals surface area (Å²) in [6.07, 6.45) is 0. The first-order valence-corrected chi connectivity index (χ1v) is 37.8. The molecule has 2 aliphatic rings. The Balaban J connectivity index is 0.920. The van der Waals surface area contributed by atoms with Crippen LogP contribution in [0.25, 0.3) is 105 Å². The van der Waals surface area contributed by atoms with Crippen LogP contribution in [0.4, 0.5) is 5.69 Å². The summed E-state index contributed by atoms with van der Waals surface area (Å²) in [5.74, 6) is -0.375. The van der Waals surface area contributed by atoms with Crippen molar-refractivity contribution < 1.29 is 14.5 Å². The van der Waals surface area contributed by atoms with Gasteiger partial charge < -0.3 is 13.7 Å². The lowest BCUT2D eigenvalue weighted by molar-refractivity contribution is -0.384. The van der Waals surface area contributed by atoms with Crippen LogP contribution in [0.3, 0.4) is 0 Å². The first-order valence-electron chi connectivity index (χ1n) is 37.8. The number of carbonyl (C=O) groups excluding carboxylic acids is 2. The zero-order chi connectivity index (χ0) is 75.5. The van der Waals surface area contributed by atoms with Crippen molar-refractivity contribution in [3.05, 3.63) is 319 Å². The number of non-ortho nitro benzene ring substituents is 1. The van der Waals surface area contributed by atoms with Crippen LogP contribution in [0.1, 0.15) is 212 Å². The van der Waals surface area contributed by atoms with Crippen molar-refractivity contribution in [3.63, 3.8) is 0 Å². The average molecular weight is 1400 g/mol. The fraction of sp³-hybridized carbons (Fsp3) is 0.253. The summed E-state index contributed by atoms with van der Waals surface area (Å²) in [6, 6.07) is 81.9. The third-order valence-electron chi connectivity index (χ3n) is 23.5. The van der Waals surface area contributed by atoms with Crippen molar-refractivity contribution >= 4 is 82.7 Å². The molecule has 0 radical (unpaired) electrons. The molecule has 12 aromatic carbocycles. The molecule has 0 unspecified atom stereocenters. The van der Waals surface area contributed by atoms with Crippen molar-refractivity contribution in [2.75, 3.05) is 0 Å². The molecule has 2 aliphatic carbocycles. The molecule has 8 nitrogen and oxygen atoms in total. The number of nitrogens with zero attached hydrogens (tertiary/aromatic N) is 4. The SMILES string of the molecule is CC(C)(C)c1ccc2c(c1)c1cc(C(C)(C)C)ccc1n2-c1ccc(C(=O)c2ccc3c(c2)C2(c4cc(C(=O)c5ccc([N+](=O)[O-])cc5)ccc4-3)c3cc(-n4c5ccc(C(C)(C)C)cc5c5cc(C(C)(C)C)ccc54)ccc3-c3ccc(-n4c5ccc(C(C)(C)C)cc5c5cc(C(C)(C)C)ccc54)cc32)cc1. The highest BCUT2D eigenvalue weighted by atomic mass is 16.6. The van der Waals surface area contributed by atoms with Gasteiger partial charge in [0.15, 0.2) is 11.6 Å². The molecule has 8 heteroatoms. The first kappa shape index (κ1) is 68.9. The van der Waals surface area contributed by atoms with E-state index in [1.54, 1.807) is 12.1 Å². The van der Waals surface area contributed by atoms with E-state index >= 15 is 9.59 Å². The van der Waals surface area contributed by atoms with Gasteiger partial charge in [0.05, 0.1) is 43.4 Å². The van der Waals surface area contributed by atoms with Crippen LogP contribution in [-0.2, 0) is 37.9 Å². The third kappa shape index (κ3) is 10.8. The van der Waals surface area contributed by atoms with Gasteiger partial charge in [-0.25, -0.2) is 0 Å². The van der Waals surface area contributed by atoms with Crippen LogP contribution in [0.15, 0.2) is 231 Å². The van der Waals surface area contributed by atoms with Crippen LogP contribution >= 0.6 is 0 Å². The van der Waals surface area contributed by atoms with Crippen LogP contribution in [0.2, 0.25) is 0 Å². The lowest BCUT2D eigenvalue weighted by atomic mass is 9.69. The van der Waals surface area contributed by atoms with Gasteiger partial charge in [0.2, 0.25) is 0 Å². The van der Waals surface area contributed by atoms with E-state index in [0.29, 0.717) is 22.3 Å². The monoisotopic (exact) mass is 1400 g/mol. The Hall–Kier alpha value is -11.2. The highest BCUT2D eigenvalue weighted by molar-refractivity contribution is 6.15. The summed E-state index contributed by atoms with van der Waals surface area (Å²) in [6.45, 7) is 40.9. The van der Waals surface area contributed by atoms with E-state index < -0.39 is 10.3 Å². The maximum Gasteiger partial charge on any atom is 0.269 e. The molecule has 0 amide bonds. The fourth-order valence-electron chi connectivity index (χ4n) is 17.3. The Bertz CT molecular complexity index is 5950. The number of aromatic nitrogens is 3. The predicted octanol–water partition coefficient (Wildman–Crippen LogP) is 25.5. The number of nitro groups is 1. The Labute approximate surface area is 627 Å². The highest BCUT2D eigenvalue weighted by Crippen LogP contribution is 2.64. The number of carbonyl (C=O) groups is 2. The standard InChI is InChI=1S/C99H92N4O4/c1-93(2,3)61-25-41-85-75(49-61)76-50-62(94(4,5)6)26-42-86(76)100(85)67-31-19-57(20-32-67)91(104)59-23-37-71-72-38-24-60(92(105)58-21-33-68(34-22-58)103(106)107)48-82(72)99(81(71)47-59)83-55-69(101-87-43-27-63(95(7,8)9)51-77(87)78-52-64(96(10,11)12)28-44-88(78)101)35-39-73(83)74-40-36-70(56-84(74)99)102-89-45-29-65(97(13,14)15)53-79(89)80-54-66(98(16,17)18)30-46-90(80)102/h19-56H,1-18H3. The highest BCUT2D eigenvalue weighted by Gasteiger charge is 2.53. The van der Waals surface area contributed by atoms with Gasteiger partial charge in [-0.05, 0) is 256 Å². The third-order valence-corrected chi connectivity index (χ3v) is 23.5. The van der Waals surface area contributed by atoms with E-state index in [4.69, 9.17) is 0 Å². The maximum absolute atomic E-state index is 16.0. The summed E-state index contributed by atoms with van der Waals surface area (Å²) in [5.41, 5.74) is 25.0. The summed E-state index contributed by atoms with van der Waals surface area (Å²) in [5, 5.41) is 19.1.